The molecule has 1 amide bonds. The summed E-state index contributed by atoms with van der Waals surface area (Å²) in [5.41, 5.74) is 3.67. The summed E-state index contributed by atoms with van der Waals surface area (Å²) in [4.78, 5) is 30.4. The Kier molecular flexibility index (Phi) is 5.43. The third-order valence-electron chi connectivity index (χ3n) is 6.27. The Balaban J connectivity index is 1.28. The molecule has 0 unspecified atom stereocenters. The van der Waals surface area contributed by atoms with Crippen molar-refractivity contribution in [1.29, 1.82) is 0 Å². The van der Waals surface area contributed by atoms with E-state index in [1.165, 1.54) is 12.8 Å². The minimum atomic E-state index is -0.126. The monoisotopic (exact) mass is 426 g/mol. The molecule has 2 fully saturated rings. The molecule has 0 radical (unpaired) electrons. The first kappa shape index (κ1) is 20.4. The largest absolute Gasteiger partial charge is 0.352 e. The fraction of sp³-hybridized carbons (Fsp3) is 0.308. The number of hydrogen-bond donors (Lipinski definition) is 0. The van der Waals surface area contributed by atoms with Crippen LogP contribution in [-0.4, -0.2) is 53.0 Å². The van der Waals surface area contributed by atoms with Crippen LogP contribution in [0.1, 0.15) is 56.3 Å². The Morgan fingerprint density at radius 2 is 1.50 bits per heavy atom. The van der Waals surface area contributed by atoms with E-state index in [1.54, 1.807) is 18.2 Å². The van der Waals surface area contributed by atoms with Crippen molar-refractivity contribution in [3.63, 3.8) is 0 Å². The third-order valence-corrected chi connectivity index (χ3v) is 6.27. The molecular formula is C26H26N4O2. The highest BCUT2D eigenvalue weighted by molar-refractivity contribution is 6.15. The lowest BCUT2D eigenvalue weighted by molar-refractivity contribution is 0.0742. The summed E-state index contributed by atoms with van der Waals surface area (Å²) in [6, 6.07) is 18.7. The molecule has 1 saturated carbocycles. The number of rotatable bonds is 5. The van der Waals surface area contributed by atoms with Gasteiger partial charge in [0.05, 0.1) is 11.3 Å². The standard InChI is InChI=1S/C26H26N4O2/c1-18-6-8-20(9-7-18)25(31)21-4-2-3-5-22(21)26(32)30-16-14-29(15-17-30)24-13-12-23(27-28-24)19-10-11-19/h2-9,12-13,19H,10-11,14-17H2,1H3. The van der Waals surface area contributed by atoms with Gasteiger partial charge < -0.3 is 9.80 Å². The lowest BCUT2D eigenvalue weighted by atomic mass is 9.97. The molecule has 2 heterocycles. The van der Waals surface area contributed by atoms with E-state index in [0.717, 1.165) is 17.1 Å². The average Bonchev–Trinajstić information content (AvgIpc) is 3.70. The van der Waals surface area contributed by atoms with Gasteiger partial charge in [-0.1, -0.05) is 48.0 Å². The minimum Gasteiger partial charge on any atom is -0.352 e. The van der Waals surface area contributed by atoms with Gasteiger partial charge in [-0.05, 0) is 38.0 Å². The molecule has 3 aromatic rings. The molecular weight excluding hydrogens is 400 g/mol. The van der Waals surface area contributed by atoms with Crippen LogP contribution >= 0.6 is 0 Å². The summed E-state index contributed by atoms with van der Waals surface area (Å²) < 4.78 is 0. The zero-order valence-corrected chi connectivity index (χ0v) is 18.2. The molecule has 0 spiro atoms. The molecule has 0 atom stereocenters. The number of benzene rings is 2. The van der Waals surface area contributed by atoms with Crippen LogP contribution in [0.25, 0.3) is 0 Å². The van der Waals surface area contributed by atoms with Gasteiger partial charge in [0.1, 0.15) is 0 Å². The van der Waals surface area contributed by atoms with Gasteiger partial charge in [0, 0.05) is 43.2 Å². The van der Waals surface area contributed by atoms with Crippen LogP contribution in [0.4, 0.5) is 5.82 Å². The van der Waals surface area contributed by atoms with Crippen LogP contribution in [0.3, 0.4) is 0 Å². The Hall–Kier alpha value is -3.54. The van der Waals surface area contributed by atoms with Gasteiger partial charge in [0.25, 0.3) is 5.91 Å². The number of carbonyl (C=O) groups is 2. The number of aryl methyl sites for hydroxylation is 1. The number of anilines is 1. The van der Waals surface area contributed by atoms with Gasteiger partial charge in [0.2, 0.25) is 0 Å². The number of hydrogen-bond acceptors (Lipinski definition) is 5. The highest BCUT2D eigenvalue weighted by Gasteiger charge is 2.28. The summed E-state index contributed by atoms with van der Waals surface area (Å²) in [5.74, 6) is 1.22. The summed E-state index contributed by atoms with van der Waals surface area (Å²) in [5, 5.41) is 8.77. The summed E-state index contributed by atoms with van der Waals surface area (Å²) in [6.07, 6.45) is 2.42. The molecule has 6 heteroatoms. The van der Waals surface area contributed by atoms with E-state index in [2.05, 4.69) is 21.2 Å². The first-order valence-corrected chi connectivity index (χ1v) is 11.2. The maximum Gasteiger partial charge on any atom is 0.254 e. The van der Waals surface area contributed by atoms with Gasteiger partial charge in [-0.3, -0.25) is 9.59 Å². The van der Waals surface area contributed by atoms with E-state index in [-0.39, 0.29) is 11.7 Å². The van der Waals surface area contributed by atoms with E-state index in [9.17, 15) is 9.59 Å². The molecule has 0 bridgehead atoms. The molecule has 1 aliphatic heterocycles. The quantitative estimate of drug-likeness (QED) is 0.580. The fourth-order valence-corrected chi connectivity index (χ4v) is 4.14. The van der Waals surface area contributed by atoms with Crippen molar-refractivity contribution >= 4 is 17.5 Å². The van der Waals surface area contributed by atoms with Crippen LogP contribution in [0.5, 0.6) is 0 Å². The van der Waals surface area contributed by atoms with Crippen molar-refractivity contribution in [1.82, 2.24) is 15.1 Å². The molecule has 0 N–H and O–H groups in total. The maximum atomic E-state index is 13.3. The van der Waals surface area contributed by atoms with Gasteiger partial charge in [-0.25, -0.2) is 0 Å². The van der Waals surface area contributed by atoms with E-state index in [1.807, 2.05) is 48.2 Å². The topological polar surface area (TPSA) is 66.4 Å². The molecule has 1 aliphatic carbocycles. The SMILES string of the molecule is Cc1ccc(C(=O)c2ccccc2C(=O)N2CCN(c3ccc(C4CC4)nn3)CC2)cc1. The first-order valence-electron chi connectivity index (χ1n) is 11.2. The van der Waals surface area contributed by atoms with Crippen LogP contribution in [0.2, 0.25) is 0 Å². The Morgan fingerprint density at radius 1 is 0.812 bits per heavy atom. The molecule has 1 aromatic heterocycles. The van der Waals surface area contributed by atoms with Gasteiger partial charge in [0.15, 0.2) is 11.6 Å². The minimum absolute atomic E-state index is 0.101. The summed E-state index contributed by atoms with van der Waals surface area (Å²) >= 11 is 0. The zero-order chi connectivity index (χ0) is 22.1. The van der Waals surface area contributed by atoms with Gasteiger partial charge in [-0.2, -0.15) is 5.10 Å². The predicted octanol–water partition coefficient (Wildman–Crippen LogP) is 3.86. The molecule has 162 valence electrons. The number of amides is 1. The highest BCUT2D eigenvalue weighted by Crippen LogP contribution is 2.38. The predicted molar refractivity (Wildman–Crippen MR) is 123 cm³/mol. The fourth-order valence-electron chi connectivity index (χ4n) is 4.14. The second-order valence-corrected chi connectivity index (χ2v) is 8.61. The van der Waals surface area contributed by atoms with Crippen LogP contribution in [-0.2, 0) is 0 Å². The molecule has 2 aliphatic rings. The summed E-state index contributed by atoms with van der Waals surface area (Å²) in [7, 11) is 0. The van der Waals surface area contributed by atoms with Crippen LogP contribution < -0.4 is 4.90 Å². The van der Waals surface area contributed by atoms with Crippen molar-refractivity contribution in [2.45, 2.75) is 25.7 Å². The lowest BCUT2D eigenvalue weighted by Gasteiger charge is -2.35. The molecule has 32 heavy (non-hydrogen) atoms. The Labute approximate surface area is 187 Å². The highest BCUT2D eigenvalue weighted by atomic mass is 16.2. The first-order chi connectivity index (χ1) is 15.6. The maximum absolute atomic E-state index is 13.3. The van der Waals surface area contributed by atoms with Crippen LogP contribution in [0.15, 0.2) is 60.7 Å². The molecule has 1 saturated heterocycles. The molecule has 6 nitrogen and oxygen atoms in total. The van der Waals surface area contributed by atoms with E-state index in [4.69, 9.17) is 0 Å². The van der Waals surface area contributed by atoms with Gasteiger partial charge >= 0.3 is 0 Å². The van der Waals surface area contributed by atoms with Crippen molar-refractivity contribution in [3.8, 4) is 0 Å². The number of ketones is 1. The van der Waals surface area contributed by atoms with Crippen molar-refractivity contribution in [2.24, 2.45) is 0 Å². The van der Waals surface area contributed by atoms with Crippen LogP contribution in [0, 0.1) is 6.92 Å². The smallest absolute Gasteiger partial charge is 0.254 e. The number of carbonyl (C=O) groups excluding carboxylic acids is 2. The second-order valence-electron chi connectivity index (χ2n) is 8.61. The summed E-state index contributed by atoms with van der Waals surface area (Å²) in [6.45, 7) is 4.53. The molecule has 5 rings (SSSR count). The van der Waals surface area contributed by atoms with Crippen molar-refractivity contribution in [3.05, 3.63) is 88.6 Å². The van der Waals surface area contributed by atoms with E-state index in [0.29, 0.717) is 48.8 Å². The average molecular weight is 427 g/mol. The Morgan fingerprint density at radius 3 is 2.12 bits per heavy atom. The number of nitrogens with zero attached hydrogens (tertiary/aromatic N) is 4. The van der Waals surface area contributed by atoms with Gasteiger partial charge in [-0.15, -0.1) is 5.10 Å². The number of piperazine rings is 1. The lowest BCUT2D eigenvalue weighted by Crippen LogP contribution is -2.49. The van der Waals surface area contributed by atoms with Crippen molar-refractivity contribution < 1.29 is 9.59 Å². The Bertz CT molecular complexity index is 1130. The van der Waals surface area contributed by atoms with E-state index >= 15 is 0 Å². The third kappa shape index (κ3) is 4.13. The van der Waals surface area contributed by atoms with Crippen molar-refractivity contribution in [2.75, 3.05) is 31.1 Å². The zero-order valence-electron chi connectivity index (χ0n) is 18.2. The second kappa shape index (κ2) is 8.54. The molecule has 2 aromatic carbocycles. The van der Waals surface area contributed by atoms with E-state index < -0.39 is 0 Å². The normalized spacial score (nSPS) is 16.2. The number of aromatic nitrogens is 2.